The maximum absolute atomic E-state index is 12.2. The van der Waals surface area contributed by atoms with Gasteiger partial charge < -0.3 is 16.2 Å². The number of hydrogen-bond acceptors (Lipinski definition) is 3. The second kappa shape index (κ2) is 6.86. The fourth-order valence-corrected chi connectivity index (χ4v) is 2.99. The van der Waals surface area contributed by atoms with Crippen LogP contribution in [0, 0.1) is 0 Å². The highest BCUT2D eigenvalue weighted by atomic mass is 16.3. The third-order valence-corrected chi connectivity index (χ3v) is 4.21. The number of aliphatic hydroxyl groups is 1. The minimum absolute atomic E-state index is 0.0251. The van der Waals surface area contributed by atoms with Crippen LogP contribution in [0.15, 0.2) is 24.3 Å². The number of carbonyl (C=O) groups excluding carboxylic acids is 1. The van der Waals surface area contributed by atoms with Crippen LogP contribution in [-0.2, 0) is 17.8 Å². The summed E-state index contributed by atoms with van der Waals surface area (Å²) >= 11 is 0. The fourth-order valence-electron chi connectivity index (χ4n) is 2.99. The van der Waals surface area contributed by atoms with Gasteiger partial charge in [-0.25, -0.2) is 0 Å². The van der Waals surface area contributed by atoms with E-state index in [0.29, 0.717) is 13.0 Å². The van der Waals surface area contributed by atoms with Gasteiger partial charge in [0.05, 0.1) is 18.6 Å². The van der Waals surface area contributed by atoms with Crippen LogP contribution in [0.25, 0.3) is 0 Å². The number of carbonyl (C=O) groups is 1. The predicted molar refractivity (Wildman–Crippen MR) is 79.1 cm³/mol. The molecule has 0 heterocycles. The van der Waals surface area contributed by atoms with Gasteiger partial charge in [0, 0.05) is 6.54 Å². The molecule has 0 aromatic heterocycles. The van der Waals surface area contributed by atoms with Crippen molar-refractivity contribution in [1.29, 1.82) is 0 Å². The van der Waals surface area contributed by atoms with Crippen LogP contribution in [0.1, 0.15) is 43.2 Å². The van der Waals surface area contributed by atoms with Gasteiger partial charge >= 0.3 is 0 Å². The molecule has 0 unspecified atom stereocenters. The SMILES string of the molecule is NCc1ccccc1CC(=O)NC1(CO)CCCCC1. The molecule has 4 nitrogen and oxygen atoms in total. The topological polar surface area (TPSA) is 75.4 Å². The number of amides is 1. The van der Waals surface area contributed by atoms with Gasteiger partial charge in [-0.3, -0.25) is 4.79 Å². The standard InChI is InChI=1S/C16H24N2O2/c17-11-14-7-3-2-6-13(14)10-15(20)18-16(12-19)8-4-1-5-9-16/h2-3,6-7,19H,1,4-5,8-12,17H2,(H,18,20). The summed E-state index contributed by atoms with van der Waals surface area (Å²) in [5, 5.41) is 12.7. The Kier molecular flexibility index (Phi) is 5.15. The predicted octanol–water partition coefficient (Wildman–Crippen LogP) is 1.50. The van der Waals surface area contributed by atoms with Crippen LogP contribution < -0.4 is 11.1 Å². The molecule has 0 saturated heterocycles. The summed E-state index contributed by atoms with van der Waals surface area (Å²) in [6, 6.07) is 7.74. The zero-order valence-corrected chi connectivity index (χ0v) is 11.9. The number of nitrogens with two attached hydrogens (primary N) is 1. The summed E-state index contributed by atoms with van der Waals surface area (Å²) in [4.78, 5) is 12.2. The van der Waals surface area contributed by atoms with Crippen LogP contribution in [0.4, 0.5) is 0 Å². The smallest absolute Gasteiger partial charge is 0.224 e. The highest BCUT2D eigenvalue weighted by molar-refractivity contribution is 5.79. The molecule has 20 heavy (non-hydrogen) atoms. The lowest BCUT2D eigenvalue weighted by Gasteiger charge is -2.36. The van der Waals surface area contributed by atoms with E-state index in [1.807, 2.05) is 24.3 Å². The van der Waals surface area contributed by atoms with Gasteiger partial charge in [0.2, 0.25) is 5.91 Å². The van der Waals surface area contributed by atoms with Crippen molar-refractivity contribution < 1.29 is 9.90 Å². The molecular formula is C16H24N2O2. The first-order valence-corrected chi connectivity index (χ1v) is 7.38. The highest BCUT2D eigenvalue weighted by Gasteiger charge is 2.32. The van der Waals surface area contributed by atoms with Crippen LogP contribution in [0.2, 0.25) is 0 Å². The summed E-state index contributed by atoms with van der Waals surface area (Å²) in [6.45, 7) is 0.464. The molecule has 0 radical (unpaired) electrons. The van der Waals surface area contributed by atoms with E-state index in [9.17, 15) is 9.90 Å². The molecule has 1 aromatic rings. The number of rotatable bonds is 5. The highest BCUT2D eigenvalue weighted by Crippen LogP contribution is 2.27. The lowest BCUT2D eigenvalue weighted by atomic mass is 9.82. The third-order valence-electron chi connectivity index (χ3n) is 4.21. The van der Waals surface area contributed by atoms with E-state index < -0.39 is 5.54 Å². The molecule has 2 rings (SSSR count). The van der Waals surface area contributed by atoms with Crippen molar-refractivity contribution >= 4 is 5.91 Å². The van der Waals surface area contributed by atoms with Crippen molar-refractivity contribution in [2.45, 2.75) is 50.6 Å². The molecule has 4 N–H and O–H groups in total. The molecule has 1 fully saturated rings. The van der Waals surface area contributed by atoms with Gasteiger partial charge in [-0.1, -0.05) is 43.5 Å². The normalized spacial score (nSPS) is 17.7. The number of aliphatic hydroxyl groups excluding tert-OH is 1. The summed E-state index contributed by atoms with van der Waals surface area (Å²) in [7, 11) is 0. The second-order valence-corrected chi connectivity index (χ2v) is 5.70. The van der Waals surface area contributed by atoms with E-state index in [4.69, 9.17) is 5.73 Å². The molecule has 4 heteroatoms. The Hall–Kier alpha value is -1.39. The molecule has 1 saturated carbocycles. The Morgan fingerprint density at radius 1 is 1.20 bits per heavy atom. The lowest BCUT2D eigenvalue weighted by Crippen LogP contribution is -2.53. The van der Waals surface area contributed by atoms with E-state index in [1.165, 1.54) is 6.42 Å². The minimum atomic E-state index is -0.410. The molecule has 0 atom stereocenters. The van der Waals surface area contributed by atoms with Crippen molar-refractivity contribution in [2.75, 3.05) is 6.61 Å². The maximum Gasteiger partial charge on any atom is 0.224 e. The quantitative estimate of drug-likeness (QED) is 0.763. The van der Waals surface area contributed by atoms with Crippen molar-refractivity contribution in [1.82, 2.24) is 5.32 Å². The van der Waals surface area contributed by atoms with Crippen LogP contribution >= 0.6 is 0 Å². The molecule has 1 aliphatic rings. The van der Waals surface area contributed by atoms with Crippen molar-refractivity contribution in [3.8, 4) is 0 Å². The first-order valence-electron chi connectivity index (χ1n) is 7.38. The molecule has 0 bridgehead atoms. The summed E-state index contributed by atoms with van der Waals surface area (Å²) < 4.78 is 0. The molecule has 110 valence electrons. The average Bonchev–Trinajstić information content (AvgIpc) is 2.48. The Morgan fingerprint density at radius 3 is 2.45 bits per heavy atom. The Bertz CT molecular complexity index is 454. The molecular weight excluding hydrogens is 252 g/mol. The molecule has 0 aliphatic heterocycles. The molecule has 1 aliphatic carbocycles. The molecule has 0 spiro atoms. The molecule has 1 aromatic carbocycles. The monoisotopic (exact) mass is 276 g/mol. The van der Waals surface area contributed by atoms with Gasteiger partial charge in [0.15, 0.2) is 0 Å². The van der Waals surface area contributed by atoms with Gasteiger partial charge in [-0.2, -0.15) is 0 Å². The minimum Gasteiger partial charge on any atom is -0.394 e. The largest absolute Gasteiger partial charge is 0.394 e. The Balaban J connectivity index is 2.01. The second-order valence-electron chi connectivity index (χ2n) is 5.70. The number of benzene rings is 1. The number of nitrogens with one attached hydrogen (secondary N) is 1. The van der Waals surface area contributed by atoms with Crippen LogP contribution in [0.3, 0.4) is 0 Å². The zero-order valence-electron chi connectivity index (χ0n) is 11.9. The van der Waals surface area contributed by atoms with E-state index in [-0.39, 0.29) is 12.5 Å². The van der Waals surface area contributed by atoms with Crippen molar-refractivity contribution in [3.05, 3.63) is 35.4 Å². The number of hydrogen-bond donors (Lipinski definition) is 3. The fraction of sp³-hybridized carbons (Fsp3) is 0.562. The van der Waals surface area contributed by atoms with E-state index in [1.54, 1.807) is 0 Å². The van der Waals surface area contributed by atoms with Crippen LogP contribution in [-0.4, -0.2) is 23.2 Å². The molecule has 1 amide bonds. The van der Waals surface area contributed by atoms with E-state index in [0.717, 1.165) is 36.8 Å². The summed E-state index contributed by atoms with van der Waals surface area (Å²) in [6.07, 6.45) is 5.39. The van der Waals surface area contributed by atoms with E-state index >= 15 is 0 Å². The van der Waals surface area contributed by atoms with Crippen molar-refractivity contribution in [2.24, 2.45) is 5.73 Å². The Labute approximate surface area is 120 Å². The zero-order chi connectivity index (χ0) is 14.4. The van der Waals surface area contributed by atoms with Gasteiger partial charge in [-0.05, 0) is 24.0 Å². The average molecular weight is 276 g/mol. The van der Waals surface area contributed by atoms with E-state index in [2.05, 4.69) is 5.32 Å². The van der Waals surface area contributed by atoms with Gasteiger partial charge in [0.25, 0.3) is 0 Å². The van der Waals surface area contributed by atoms with Crippen LogP contribution in [0.5, 0.6) is 0 Å². The van der Waals surface area contributed by atoms with Gasteiger partial charge in [-0.15, -0.1) is 0 Å². The first kappa shape index (κ1) is 15.0. The Morgan fingerprint density at radius 2 is 1.85 bits per heavy atom. The first-order chi connectivity index (χ1) is 9.69. The van der Waals surface area contributed by atoms with Gasteiger partial charge in [0.1, 0.15) is 0 Å². The lowest BCUT2D eigenvalue weighted by molar-refractivity contribution is -0.123. The summed E-state index contributed by atoms with van der Waals surface area (Å²) in [5.74, 6) is -0.0261. The summed E-state index contributed by atoms with van der Waals surface area (Å²) in [5.41, 5.74) is 7.25. The van der Waals surface area contributed by atoms with Crippen molar-refractivity contribution in [3.63, 3.8) is 0 Å². The third kappa shape index (κ3) is 3.58. The maximum atomic E-state index is 12.2.